The molecule has 2 aliphatic rings. The van der Waals surface area contributed by atoms with Crippen molar-refractivity contribution in [2.24, 2.45) is 0 Å². The first-order valence-electron chi connectivity index (χ1n) is 9.60. The zero-order chi connectivity index (χ0) is 20.2. The number of nitrogens with zero attached hydrogens (tertiary/aromatic N) is 2. The van der Waals surface area contributed by atoms with Crippen LogP contribution in [0.15, 0.2) is 29.2 Å². The van der Waals surface area contributed by atoms with Gasteiger partial charge in [-0.2, -0.15) is 4.31 Å². The molecule has 0 saturated carbocycles. The number of nitrogens with one attached hydrogen (secondary N) is 1. The van der Waals surface area contributed by atoms with Crippen molar-refractivity contribution in [3.63, 3.8) is 0 Å². The van der Waals surface area contributed by atoms with Crippen molar-refractivity contribution in [2.45, 2.75) is 24.3 Å². The van der Waals surface area contributed by atoms with Gasteiger partial charge in [0, 0.05) is 43.8 Å². The fraction of sp³-hybridized carbons (Fsp3) is 0.632. The third-order valence-electron chi connectivity index (χ3n) is 5.25. The van der Waals surface area contributed by atoms with E-state index in [1.54, 1.807) is 12.1 Å². The molecule has 2 fully saturated rings. The average Bonchev–Trinajstić information content (AvgIpc) is 2.73. The summed E-state index contributed by atoms with van der Waals surface area (Å²) in [6.07, 6.45) is 0. The van der Waals surface area contributed by atoms with Gasteiger partial charge in [-0.1, -0.05) is 6.07 Å². The predicted octanol–water partition coefficient (Wildman–Crippen LogP) is 0.548. The maximum absolute atomic E-state index is 12.8. The van der Waals surface area contributed by atoms with Crippen molar-refractivity contribution < 1.29 is 22.7 Å². The van der Waals surface area contributed by atoms with Crippen molar-refractivity contribution in [3.05, 3.63) is 29.8 Å². The van der Waals surface area contributed by atoms with Gasteiger partial charge in [-0.25, -0.2) is 8.42 Å². The molecular formula is C19H29N3O5S. The fourth-order valence-corrected chi connectivity index (χ4v) is 4.87. The van der Waals surface area contributed by atoms with Crippen LogP contribution in [0.5, 0.6) is 0 Å². The number of ether oxygens (including phenoxy) is 2. The molecule has 0 atom stereocenters. The Morgan fingerprint density at radius 1 is 1.07 bits per heavy atom. The van der Waals surface area contributed by atoms with Crippen LogP contribution in [0, 0.1) is 0 Å². The van der Waals surface area contributed by atoms with Gasteiger partial charge in [0.25, 0.3) is 5.91 Å². The predicted molar refractivity (Wildman–Crippen MR) is 105 cm³/mol. The summed E-state index contributed by atoms with van der Waals surface area (Å²) in [5.41, 5.74) is 0.129. The van der Waals surface area contributed by atoms with Crippen LogP contribution in [0.2, 0.25) is 0 Å². The lowest BCUT2D eigenvalue weighted by Gasteiger charge is -2.40. The lowest BCUT2D eigenvalue weighted by atomic mass is 10.0. The van der Waals surface area contributed by atoms with Gasteiger partial charge < -0.3 is 14.8 Å². The van der Waals surface area contributed by atoms with Crippen molar-refractivity contribution in [1.29, 1.82) is 0 Å². The first-order valence-corrected chi connectivity index (χ1v) is 11.0. The first kappa shape index (κ1) is 21.2. The molecule has 1 aromatic carbocycles. The monoisotopic (exact) mass is 411 g/mol. The van der Waals surface area contributed by atoms with Crippen LogP contribution in [-0.4, -0.2) is 88.2 Å². The van der Waals surface area contributed by atoms with Gasteiger partial charge in [0.15, 0.2) is 0 Å². The van der Waals surface area contributed by atoms with E-state index in [1.165, 1.54) is 16.4 Å². The highest BCUT2D eigenvalue weighted by Gasteiger charge is 2.29. The number of benzene rings is 1. The minimum Gasteiger partial charge on any atom is -0.379 e. The molecule has 0 aliphatic carbocycles. The number of hydrogen-bond acceptors (Lipinski definition) is 6. The Morgan fingerprint density at radius 3 is 2.32 bits per heavy atom. The second-order valence-corrected chi connectivity index (χ2v) is 9.58. The van der Waals surface area contributed by atoms with E-state index < -0.39 is 10.0 Å². The smallest absolute Gasteiger partial charge is 0.251 e. The van der Waals surface area contributed by atoms with Crippen LogP contribution in [0.1, 0.15) is 24.2 Å². The van der Waals surface area contributed by atoms with Crippen molar-refractivity contribution in [2.75, 3.05) is 59.2 Å². The molecule has 9 heteroatoms. The number of carbonyl (C=O) groups excluding carboxylic acids is 1. The van der Waals surface area contributed by atoms with Gasteiger partial charge in [0.2, 0.25) is 10.0 Å². The molecule has 0 bridgehead atoms. The molecule has 2 heterocycles. The SMILES string of the molecule is CC(C)(CNC(=O)c1cccc(S(=O)(=O)N2CCOCC2)c1)N1CCOCC1. The second-order valence-electron chi connectivity index (χ2n) is 7.64. The second kappa shape index (κ2) is 8.87. The van der Waals surface area contributed by atoms with Crippen molar-refractivity contribution >= 4 is 15.9 Å². The molecule has 8 nitrogen and oxygen atoms in total. The molecule has 1 aromatic rings. The zero-order valence-corrected chi connectivity index (χ0v) is 17.3. The maximum Gasteiger partial charge on any atom is 0.251 e. The Morgan fingerprint density at radius 2 is 1.68 bits per heavy atom. The summed E-state index contributed by atoms with van der Waals surface area (Å²) in [4.78, 5) is 15.1. The van der Waals surface area contributed by atoms with Crippen LogP contribution in [0.4, 0.5) is 0 Å². The van der Waals surface area contributed by atoms with E-state index in [-0.39, 0.29) is 16.3 Å². The van der Waals surface area contributed by atoms with Gasteiger partial charge in [-0.05, 0) is 32.0 Å². The van der Waals surface area contributed by atoms with Gasteiger partial charge in [-0.15, -0.1) is 0 Å². The number of sulfonamides is 1. The highest BCUT2D eigenvalue weighted by atomic mass is 32.2. The summed E-state index contributed by atoms with van der Waals surface area (Å²) < 4.78 is 37.6. The molecule has 0 aromatic heterocycles. The summed E-state index contributed by atoms with van der Waals surface area (Å²) in [6.45, 7) is 9.09. The minimum atomic E-state index is -3.63. The Balaban J connectivity index is 1.66. The van der Waals surface area contributed by atoms with E-state index in [2.05, 4.69) is 24.1 Å². The van der Waals surface area contributed by atoms with Crippen LogP contribution < -0.4 is 5.32 Å². The van der Waals surface area contributed by atoms with E-state index in [0.717, 1.165) is 13.1 Å². The van der Waals surface area contributed by atoms with Crippen LogP contribution >= 0.6 is 0 Å². The molecule has 28 heavy (non-hydrogen) atoms. The molecule has 2 saturated heterocycles. The fourth-order valence-electron chi connectivity index (χ4n) is 3.41. The van der Waals surface area contributed by atoms with E-state index in [0.29, 0.717) is 51.6 Å². The molecule has 1 N–H and O–H groups in total. The zero-order valence-electron chi connectivity index (χ0n) is 16.5. The van der Waals surface area contributed by atoms with Gasteiger partial charge in [-0.3, -0.25) is 9.69 Å². The maximum atomic E-state index is 12.8. The third kappa shape index (κ3) is 4.90. The van der Waals surface area contributed by atoms with E-state index in [1.807, 2.05) is 0 Å². The van der Waals surface area contributed by atoms with Crippen LogP contribution in [0.25, 0.3) is 0 Å². The Bertz CT molecular complexity index is 785. The summed E-state index contributed by atoms with van der Waals surface area (Å²) >= 11 is 0. The van der Waals surface area contributed by atoms with Crippen LogP contribution in [-0.2, 0) is 19.5 Å². The highest BCUT2D eigenvalue weighted by Crippen LogP contribution is 2.19. The molecule has 0 spiro atoms. The molecule has 156 valence electrons. The summed E-state index contributed by atoms with van der Waals surface area (Å²) in [5.74, 6) is -0.277. The summed E-state index contributed by atoms with van der Waals surface area (Å²) in [7, 11) is -3.63. The molecule has 2 aliphatic heterocycles. The first-order chi connectivity index (χ1) is 13.3. The molecule has 1 amide bonds. The summed E-state index contributed by atoms with van der Waals surface area (Å²) in [6, 6.07) is 6.21. The number of morpholine rings is 2. The van der Waals surface area contributed by atoms with E-state index in [9.17, 15) is 13.2 Å². The topological polar surface area (TPSA) is 88.2 Å². The van der Waals surface area contributed by atoms with E-state index in [4.69, 9.17) is 9.47 Å². The third-order valence-corrected chi connectivity index (χ3v) is 7.15. The minimum absolute atomic E-state index is 0.134. The normalized spacial score (nSPS) is 20.1. The number of rotatable bonds is 6. The Kier molecular flexibility index (Phi) is 6.72. The Labute approximate surface area is 166 Å². The Hall–Kier alpha value is -1.52. The lowest BCUT2D eigenvalue weighted by molar-refractivity contribution is -0.00923. The van der Waals surface area contributed by atoms with Gasteiger partial charge in [0.1, 0.15) is 0 Å². The molecule has 0 radical (unpaired) electrons. The van der Waals surface area contributed by atoms with Crippen molar-refractivity contribution in [3.8, 4) is 0 Å². The average molecular weight is 412 g/mol. The quantitative estimate of drug-likeness (QED) is 0.736. The number of hydrogen-bond donors (Lipinski definition) is 1. The number of amides is 1. The standard InChI is InChI=1S/C19H29N3O5S/c1-19(2,21-6-10-26-11-7-21)15-20-18(23)16-4-3-5-17(14-16)28(24,25)22-8-12-27-13-9-22/h3-5,14H,6-13,15H2,1-2H3,(H,20,23). The molecule has 3 rings (SSSR count). The number of carbonyl (C=O) groups is 1. The van der Waals surface area contributed by atoms with Gasteiger partial charge in [0.05, 0.1) is 31.3 Å². The van der Waals surface area contributed by atoms with Crippen LogP contribution in [0.3, 0.4) is 0 Å². The van der Waals surface area contributed by atoms with Gasteiger partial charge >= 0.3 is 0 Å². The molecular weight excluding hydrogens is 382 g/mol. The van der Waals surface area contributed by atoms with Crippen molar-refractivity contribution in [1.82, 2.24) is 14.5 Å². The molecule has 0 unspecified atom stereocenters. The largest absolute Gasteiger partial charge is 0.379 e. The summed E-state index contributed by atoms with van der Waals surface area (Å²) in [5, 5.41) is 2.94. The highest BCUT2D eigenvalue weighted by molar-refractivity contribution is 7.89. The lowest BCUT2D eigenvalue weighted by Crippen LogP contribution is -2.55. The van der Waals surface area contributed by atoms with E-state index >= 15 is 0 Å².